The Morgan fingerprint density at radius 3 is 2.42 bits per heavy atom. The van der Waals surface area contributed by atoms with E-state index in [9.17, 15) is 14.4 Å². The maximum absolute atomic E-state index is 13.3. The number of ether oxygens (including phenoxy) is 3. The van der Waals surface area contributed by atoms with Crippen LogP contribution in [0.1, 0.15) is 18.1 Å². The third-order valence-electron chi connectivity index (χ3n) is 5.39. The van der Waals surface area contributed by atoms with E-state index in [1.807, 2.05) is 37.3 Å². The average molecular weight is 575 g/mol. The van der Waals surface area contributed by atoms with Crippen LogP contribution >= 0.6 is 15.9 Å². The van der Waals surface area contributed by atoms with E-state index in [-0.39, 0.29) is 17.9 Å². The third-order valence-corrected chi connectivity index (χ3v) is 5.98. The van der Waals surface area contributed by atoms with Gasteiger partial charge in [-0.1, -0.05) is 36.3 Å². The average Bonchev–Trinajstić information content (AvgIpc) is 2.91. The summed E-state index contributed by atoms with van der Waals surface area (Å²) in [7, 11) is 0. The van der Waals surface area contributed by atoms with Crippen LogP contribution in [0.4, 0.5) is 10.5 Å². The Kier molecular flexibility index (Phi) is 8.46. The summed E-state index contributed by atoms with van der Waals surface area (Å²) in [6.45, 7) is 2.57. The second-order valence-corrected chi connectivity index (χ2v) is 8.84. The molecule has 0 aromatic heterocycles. The minimum atomic E-state index is -0.843. The molecule has 0 bridgehead atoms. The number of benzene rings is 3. The first-order valence-corrected chi connectivity index (χ1v) is 12.4. The van der Waals surface area contributed by atoms with E-state index >= 15 is 0 Å². The molecule has 1 aliphatic rings. The van der Waals surface area contributed by atoms with Crippen molar-refractivity contribution in [3.8, 4) is 29.6 Å². The van der Waals surface area contributed by atoms with Crippen molar-refractivity contribution in [3.05, 3.63) is 87.9 Å². The molecule has 0 spiro atoms. The molecule has 0 unspecified atom stereocenters. The van der Waals surface area contributed by atoms with Crippen molar-refractivity contribution in [1.82, 2.24) is 5.32 Å². The molecule has 9 heteroatoms. The molecule has 38 heavy (non-hydrogen) atoms. The van der Waals surface area contributed by atoms with E-state index in [1.165, 1.54) is 6.08 Å². The lowest BCUT2D eigenvalue weighted by atomic mass is 10.1. The van der Waals surface area contributed by atoms with E-state index in [0.717, 1.165) is 10.5 Å². The normalized spacial score (nSPS) is 14.2. The van der Waals surface area contributed by atoms with Gasteiger partial charge in [0.1, 0.15) is 24.5 Å². The number of barbiturate groups is 1. The summed E-state index contributed by atoms with van der Waals surface area (Å²) in [4.78, 5) is 39.4. The van der Waals surface area contributed by atoms with E-state index in [2.05, 4.69) is 27.2 Å². The highest BCUT2D eigenvalue weighted by atomic mass is 79.9. The van der Waals surface area contributed by atoms with Gasteiger partial charge in [0, 0.05) is 0 Å². The van der Waals surface area contributed by atoms with Gasteiger partial charge in [-0.05, 0) is 76.5 Å². The molecule has 3 aromatic rings. The summed E-state index contributed by atoms with van der Waals surface area (Å²) in [6, 6.07) is 18.6. The zero-order valence-corrected chi connectivity index (χ0v) is 22.0. The van der Waals surface area contributed by atoms with Crippen molar-refractivity contribution in [3.63, 3.8) is 0 Å². The fourth-order valence-corrected chi connectivity index (χ4v) is 4.25. The number of rotatable bonds is 9. The molecule has 1 heterocycles. The number of carbonyl (C=O) groups is 3. The number of nitrogens with zero attached hydrogens (tertiary/aromatic N) is 1. The molecule has 8 nitrogen and oxygen atoms in total. The summed E-state index contributed by atoms with van der Waals surface area (Å²) >= 11 is 3.42. The molecule has 1 saturated heterocycles. The molecule has 0 saturated carbocycles. The lowest BCUT2D eigenvalue weighted by Gasteiger charge is -2.26. The van der Waals surface area contributed by atoms with Gasteiger partial charge in [-0.3, -0.25) is 14.9 Å². The van der Waals surface area contributed by atoms with Gasteiger partial charge in [-0.15, -0.1) is 6.42 Å². The Labute approximate surface area is 228 Å². The van der Waals surface area contributed by atoms with Crippen LogP contribution < -0.4 is 24.4 Å². The summed E-state index contributed by atoms with van der Waals surface area (Å²) < 4.78 is 17.5. The molecule has 0 atom stereocenters. The molecular formula is C29H23BrN2O6. The minimum absolute atomic E-state index is 0.0349. The monoisotopic (exact) mass is 574 g/mol. The number of hydrogen-bond acceptors (Lipinski definition) is 6. The predicted octanol–water partition coefficient (Wildman–Crippen LogP) is 5.11. The predicted molar refractivity (Wildman–Crippen MR) is 146 cm³/mol. The number of amides is 4. The molecule has 0 aliphatic carbocycles. The maximum Gasteiger partial charge on any atom is 0.335 e. The molecule has 4 rings (SSSR count). The molecule has 4 amide bonds. The van der Waals surface area contributed by atoms with Crippen LogP contribution in [0, 0.1) is 12.3 Å². The van der Waals surface area contributed by atoms with E-state index in [4.69, 9.17) is 20.6 Å². The second-order valence-electron chi connectivity index (χ2n) is 7.98. The number of imide groups is 2. The van der Waals surface area contributed by atoms with E-state index < -0.39 is 17.8 Å². The molecule has 3 aromatic carbocycles. The van der Waals surface area contributed by atoms with Crippen molar-refractivity contribution in [1.29, 1.82) is 0 Å². The Morgan fingerprint density at radius 1 is 1.00 bits per heavy atom. The SMILES string of the molecule is C#CCOc1c(Br)cc(/C=C2\C(=O)NC(=O)N(c3ccc(OCc4ccccc4)cc3)C2=O)cc1OCC. The Hall–Kier alpha value is -4.55. The van der Waals surface area contributed by atoms with Gasteiger partial charge in [0.25, 0.3) is 11.8 Å². The highest BCUT2D eigenvalue weighted by Crippen LogP contribution is 2.38. The highest BCUT2D eigenvalue weighted by molar-refractivity contribution is 9.10. The van der Waals surface area contributed by atoms with Crippen molar-refractivity contribution in [2.75, 3.05) is 18.1 Å². The van der Waals surface area contributed by atoms with E-state index in [1.54, 1.807) is 36.4 Å². The summed E-state index contributed by atoms with van der Waals surface area (Å²) in [5, 5.41) is 2.22. The fourth-order valence-electron chi connectivity index (χ4n) is 3.68. The number of hydrogen-bond donors (Lipinski definition) is 1. The summed E-state index contributed by atoms with van der Waals surface area (Å²) in [5.74, 6) is 2.17. The number of halogens is 1. The largest absolute Gasteiger partial charge is 0.490 e. The summed E-state index contributed by atoms with van der Waals surface area (Å²) in [5.41, 5.74) is 1.55. The quantitative estimate of drug-likeness (QED) is 0.217. The standard InChI is InChI=1S/C29H23BrN2O6/c1-3-14-37-26-24(30)16-20(17-25(26)36-4-2)15-23-27(33)31-29(35)32(28(23)34)21-10-12-22(13-11-21)38-18-19-8-6-5-7-9-19/h1,5-13,15-17H,4,14,18H2,2H3,(H,31,33,35)/b23-15+. The first-order chi connectivity index (χ1) is 18.4. The number of carbonyl (C=O) groups excluding carboxylic acids is 3. The topological polar surface area (TPSA) is 94.2 Å². The van der Waals surface area contributed by atoms with Gasteiger partial charge in [0.2, 0.25) is 0 Å². The number of urea groups is 1. The van der Waals surface area contributed by atoms with Crippen LogP contribution in [-0.4, -0.2) is 31.1 Å². The molecule has 1 fully saturated rings. The molecule has 192 valence electrons. The smallest absolute Gasteiger partial charge is 0.335 e. The Balaban J connectivity index is 1.58. The second kappa shape index (κ2) is 12.1. The van der Waals surface area contributed by atoms with Gasteiger partial charge >= 0.3 is 6.03 Å². The third kappa shape index (κ3) is 6.05. The zero-order chi connectivity index (χ0) is 27.1. The fraction of sp³-hybridized carbons (Fsp3) is 0.138. The van der Waals surface area contributed by atoms with Crippen LogP contribution in [0.5, 0.6) is 17.2 Å². The zero-order valence-electron chi connectivity index (χ0n) is 20.4. The maximum atomic E-state index is 13.3. The minimum Gasteiger partial charge on any atom is -0.490 e. The number of anilines is 1. The van der Waals surface area contributed by atoms with Gasteiger partial charge in [0.05, 0.1) is 16.8 Å². The van der Waals surface area contributed by atoms with Crippen LogP contribution in [0.25, 0.3) is 6.08 Å². The van der Waals surface area contributed by atoms with Crippen LogP contribution in [0.15, 0.2) is 76.8 Å². The van der Waals surface area contributed by atoms with Gasteiger partial charge in [-0.25, -0.2) is 9.69 Å². The van der Waals surface area contributed by atoms with Crippen molar-refractivity contribution >= 4 is 45.5 Å². The Bertz CT molecular complexity index is 1430. The first kappa shape index (κ1) is 26.5. The van der Waals surface area contributed by atoms with Gasteiger partial charge in [-0.2, -0.15) is 0 Å². The lowest BCUT2D eigenvalue weighted by Crippen LogP contribution is -2.54. The molecule has 1 N–H and O–H groups in total. The molecular weight excluding hydrogens is 552 g/mol. The number of nitrogens with one attached hydrogen (secondary N) is 1. The molecule has 0 radical (unpaired) electrons. The van der Waals surface area contributed by atoms with E-state index in [0.29, 0.717) is 40.5 Å². The van der Waals surface area contributed by atoms with Crippen molar-refractivity contribution in [2.24, 2.45) is 0 Å². The van der Waals surface area contributed by atoms with Gasteiger partial charge < -0.3 is 14.2 Å². The van der Waals surface area contributed by atoms with Gasteiger partial charge in [0.15, 0.2) is 11.5 Å². The van der Waals surface area contributed by atoms with Crippen molar-refractivity contribution in [2.45, 2.75) is 13.5 Å². The molecule has 1 aliphatic heterocycles. The van der Waals surface area contributed by atoms with Crippen LogP contribution in [-0.2, 0) is 16.2 Å². The highest BCUT2D eigenvalue weighted by Gasteiger charge is 2.37. The summed E-state index contributed by atoms with van der Waals surface area (Å²) in [6.07, 6.45) is 6.67. The van der Waals surface area contributed by atoms with Crippen LogP contribution in [0.3, 0.4) is 0 Å². The Morgan fingerprint density at radius 2 is 1.74 bits per heavy atom. The van der Waals surface area contributed by atoms with Crippen LogP contribution in [0.2, 0.25) is 0 Å². The number of terminal acetylenes is 1. The van der Waals surface area contributed by atoms with Crippen molar-refractivity contribution < 1.29 is 28.6 Å². The first-order valence-electron chi connectivity index (χ1n) is 11.6. The lowest BCUT2D eigenvalue weighted by molar-refractivity contribution is -0.122.